The normalized spacial score (nSPS) is 24.5. The monoisotopic (exact) mass is 1030 g/mol. The topological polar surface area (TPSA) is 306 Å². The number of hydrogen-bond acceptors (Lipinski definition) is 12. The number of carbonyl (C=O) groups is 4. The summed E-state index contributed by atoms with van der Waals surface area (Å²) >= 11 is 0. The molecule has 69 heavy (non-hydrogen) atoms. The Morgan fingerprint density at radius 1 is 0.870 bits per heavy atom. The number of hydrazone groups is 1. The van der Waals surface area contributed by atoms with Crippen molar-refractivity contribution in [1.82, 2.24) is 21.0 Å². The Morgan fingerprint density at radius 3 is 2.29 bits per heavy atom. The second-order valence-corrected chi connectivity index (χ2v) is 22.8. The fourth-order valence-corrected chi connectivity index (χ4v) is 10.5. The first-order chi connectivity index (χ1) is 32.3. The van der Waals surface area contributed by atoms with E-state index in [1.807, 2.05) is 37.5 Å². The highest BCUT2D eigenvalue weighted by Gasteiger charge is 2.48. The lowest BCUT2D eigenvalue weighted by atomic mass is 9.76. The summed E-state index contributed by atoms with van der Waals surface area (Å²) < 4.78 is 103. The largest absolute Gasteiger partial charge is 0.481 e. The van der Waals surface area contributed by atoms with Crippen molar-refractivity contribution in [1.29, 1.82) is 0 Å². The molecule has 7 N–H and O–H groups in total. The lowest BCUT2D eigenvalue weighted by Crippen LogP contribution is -2.47. The van der Waals surface area contributed by atoms with Crippen molar-refractivity contribution in [2.45, 2.75) is 140 Å². The summed E-state index contributed by atoms with van der Waals surface area (Å²) in [6, 6.07) is 3.37. The molecule has 23 heteroatoms. The summed E-state index contributed by atoms with van der Waals surface area (Å²) in [5.41, 5.74) is 1.36. The number of unbranched alkanes of at least 4 members (excludes halogenated alkanes) is 2. The van der Waals surface area contributed by atoms with E-state index in [1.54, 1.807) is 29.3 Å². The minimum Gasteiger partial charge on any atom is -0.481 e. The van der Waals surface area contributed by atoms with E-state index in [-0.39, 0.29) is 67.7 Å². The van der Waals surface area contributed by atoms with E-state index in [0.29, 0.717) is 112 Å². The average molecular weight is 1030 g/mol. The number of carboxylic acid groups (broad SMARTS) is 1. The van der Waals surface area contributed by atoms with Crippen LogP contribution in [0.25, 0.3) is 0 Å². The molecular formula is C46H69N6O14S3+. The molecule has 20 nitrogen and oxygen atoms in total. The molecular weight excluding hydrogens is 957 g/mol. The van der Waals surface area contributed by atoms with Crippen LogP contribution in [0.5, 0.6) is 0 Å². The van der Waals surface area contributed by atoms with Gasteiger partial charge in [-0.1, -0.05) is 24.6 Å². The zero-order valence-electron chi connectivity index (χ0n) is 39.7. The van der Waals surface area contributed by atoms with E-state index in [1.165, 1.54) is 12.1 Å². The van der Waals surface area contributed by atoms with Gasteiger partial charge in [-0.05, 0) is 110 Å². The fourth-order valence-electron chi connectivity index (χ4n) is 8.96. The quantitative estimate of drug-likeness (QED) is 0.0664. The van der Waals surface area contributed by atoms with Gasteiger partial charge in [-0.2, -0.15) is 34.9 Å². The van der Waals surface area contributed by atoms with Gasteiger partial charge < -0.3 is 21.1 Å². The molecule has 0 saturated carbocycles. The number of aliphatic carboxylic acids is 1. The number of nitrogens with one attached hydrogen (secondary N) is 3. The van der Waals surface area contributed by atoms with Gasteiger partial charge in [0, 0.05) is 79.8 Å². The molecule has 1 aromatic carbocycles. The van der Waals surface area contributed by atoms with Gasteiger partial charge in [-0.3, -0.25) is 37.8 Å². The maximum atomic E-state index is 13.3. The van der Waals surface area contributed by atoms with Crippen molar-refractivity contribution < 1.29 is 67.8 Å². The summed E-state index contributed by atoms with van der Waals surface area (Å²) in [7, 11) is -13.2. The third-order valence-electron chi connectivity index (χ3n) is 12.9. The Bertz CT molecular complexity index is 2540. The molecule has 0 fully saturated rings. The van der Waals surface area contributed by atoms with Gasteiger partial charge in [0.1, 0.15) is 12.6 Å². The van der Waals surface area contributed by atoms with Gasteiger partial charge in [-0.25, -0.2) is 0 Å². The minimum atomic E-state index is -4.64. The van der Waals surface area contributed by atoms with Gasteiger partial charge in [0.25, 0.3) is 30.4 Å². The fraction of sp³-hybridized carbons (Fsp3) is 0.609. The lowest BCUT2D eigenvalue weighted by Gasteiger charge is -2.29. The third kappa shape index (κ3) is 17.5. The van der Waals surface area contributed by atoms with Gasteiger partial charge in [0.15, 0.2) is 5.71 Å². The molecule has 1 aromatic rings. The predicted octanol–water partition coefficient (Wildman–Crippen LogP) is 4.82. The lowest BCUT2D eigenvalue weighted by molar-refractivity contribution is -0.438. The second kappa shape index (κ2) is 25.3. The minimum absolute atomic E-state index is 0.00227. The number of rotatable bonds is 16. The number of fused-ring (bicyclic) bond motifs is 3. The van der Waals surface area contributed by atoms with Crippen molar-refractivity contribution in [3.63, 3.8) is 0 Å². The van der Waals surface area contributed by atoms with Crippen LogP contribution in [0.3, 0.4) is 0 Å². The first kappa shape index (κ1) is 56.8. The first-order valence-electron chi connectivity index (χ1n) is 23.5. The van der Waals surface area contributed by atoms with Gasteiger partial charge in [-0.15, -0.1) is 0 Å². The molecule has 0 aliphatic carbocycles. The Morgan fingerprint density at radius 2 is 1.59 bits per heavy atom. The number of hydrogen-bond donors (Lipinski definition) is 7. The Hall–Kier alpha value is -4.81. The van der Waals surface area contributed by atoms with Crippen LogP contribution in [-0.4, -0.2) is 132 Å². The Kier molecular flexibility index (Phi) is 20.9. The molecule has 0 spiro atoms. The molecule has 3 heterocycles. The molecule has 0 radical (unpaired) electrons. The van der Waals surface area contributed by atoms with Crippen molar-refractivity contribution in [3.05, 3.63) is 59.8 Å². The molecule has 384 valence electrons. The van der Waals surface area contributed by atoms with Gasteiger partial charge in [0.2, 0.25) is 23.4 Å². The van der Waals surface area contributed by atoms with Crippen LogP contribution in [0.4, 0.5) is 5.69 Å². The molecule has 4 rings (SSSR count). The van der Waals surface area contributed by atoms with Crippen molar-refractivity contribution in [2.75, 3.05) is 37.7 Å². The predicted molar refractivity (Wildman–Crippen MR) is 260 cm³/mol. The molecule has 0 bridgehead atoms. The molecule has 3 atom stereocenters. The highest BCUT2D eigenvalue weighted by Crippen LogP contribution is 2.45. The summed E-state index contributed by atoms with van der Waals surface area (Å²) in [5.74, 6) is -2.83. The summed E-state index contributed by atoms with van der Waals surface area (Å²) in [6.45, 7) is 6.76. The highest BCUT2D eigenvalue weighted by atomic mass is 32.2. The summed E-state index contributed by atoms with van der Waals surface area (Å²) in [4.78, 5) is 50.4. The Balaban J connectivity index is 1.71. The van der Waals surface area contributed by atoms with Crippen molar-refractivity contribution in [2.24, 2.45) is 10.5 Å². The number of benzene rings is 1. The number of carboxylic acids is 1. The van der Waals surface area contributed by atoms with Gasteiger partial charge >= 0.3 is 5.97 Å². The highest BCUT2D eigenvalue weighted by molar-refractivity contribution is 7.86. The van der Waals surface area contributed by atoms with Crippen LogP contribution in [-0.2, 0) is 54.9 Å². The maximum absolute atomic E-state index is 13.3. The summed E-state index contributed by atoms with van der Waals surface area (Å²) in [6.07, 6.45) is 14.3. The molecule has 3 aliphatic rings. The van der Waals surface area contributed by atoms with Crippen LogP contribution >= 0.6 is 0 Å². The number of carbonyl (C=O) groups excluding carboxylic acids is 3. The van der Waals surface area contributed by atoms with E-state index in [2.05, 4.69) is 16.0 Å². The van der Waals surface area contributed by atoms with Gasteiger partial charge in [0.05, 0.1) is 21.8 Å². The molecule has 0 saturated heterocycles. The van der Waals surface area contributed by atoms with Crippen LogP contribution in [0.2, 0.25) is 0 Å². The zero-order valence-corrected chi connectivity index (χ0v) is 42.1. The van der Waals surface area contributed by atoms with E-state index < -0.39 is 64.7 Å². The zero-order chi connectivity index (χ0) is 51.0. The SMILES string of the molecule is CC1=NN(CCCS(=O)(=O)O)/C2=C/C=C/C=C/C3=[N+](CCCCCC(=O)NC(C(=O)NCCCCCC(=O)O)CCCCNC(=O)CCC12C)c1ccc(S(=O)(=O)O)cc1C3(C)CCCS(=O)(=O)O. The number of allylic oxidation sites excluding steroid dienone is 6. The number of amides is 3. The van der Waals surface area contributed by atoms with E-state index in [9.17, 15) is 58.1 Å². The van der Waals surface area contributed by atoms with Crippen molar-refractivity contribution >= 4 is 71.2 Å². The van der Waals surface area contributed by atoms with Crippen LogP contribution in [0, 0.1) is 5.41 Å². The molecule has 0 aromatic heterocycles. The van der Waals surface area contributed by atoms with E-state index >= 15 is 0 Å². The second-order valence-electron chi connectivity index (χ2n) is 18.3. The molecule has 3 unspecified atom stereocenters. The number of nitrogens with zero attached hydrogens (tertiary/aromatic N) is 3. The standard InChI is InChI=1S/C46H68N6O14S3/c1-34-45(2)26-24-41(53)47-27-13-11-17-37(44(57)48-28-12-5-10-21-43(55)56)49-42(54)20-9-6-14-29-51-38-23-22-35(69(64,65)66)33-36(38)46(3,25-15-31-67(58,59)60)39(51)18-7-4-8-19-40(45)52(50-34)30-16-32-68(61,62)63/h4,7-8,18-19,22-23,33,37H,5-6,9-17,20-21,24-32H2,1-3H3,(H6-,47,48,49,53,54,55,56,57,58,59,60,61,62,63,64,65,66)/p+1. The third-order valence-corrected chi connectivity index (χ3v) is 15.4. The molecule has 3 amide bonds. The summed E-state index contributed by atoms with van der Waals surface area (Å²) in [5, 5.41) is 24.0. The van der Waals surface area contributed by atoms with Crippen LogP contribution in [0.1, 0.15) is 129 Å². The van der Waals surface area contributed by atoms with E-state index in [0.717, 1.165) is 0 Å². The van der Waals surface area contributed by atoms with Crippen LogP contribution < -0.4 is 16.0 Å². The first-order valence-corrected chi connectivity index (χ1v) is 28.1. The van der Waals surface area contributed by atoms with Crippen molar-refractivity contribution in [3.8, 4) is 0 Å². The smallest absolute Gasteiger partial charge is 0.303 e. The maximum Gasteiger partial charge on any atom is 0.303 e. The molecule has 3 aliphatic heterocycles. The average Bonchev–Trinajstić information content (AvgIpc) is 3.62. The Labute approximate surface area is 406 Å². The van der Waals surface area contributed by atoms with E-state index in [4.69, 9.17) is 10.2 Å². The van der Waals surface area contributed by atoms with Crippen LogP contribution in [0.15, 0.2) is 64.3 Å².